The maximum absolute atomic E-state index is 13.6. The van der Waals surface area contributed by atoms with Crippen LogP contribution >= 0.6 is 0 Å². The number of allylic oxidation sites excluding steroid dienone is 3. The minimum absolute atomic E-state index is 0.0604. The van der Waals surface area contributed by atoms with Crippen molar-refractivity contribution in [2.45, 2.75) is 46.0 Å². The highest BCUT2D eigenvalue weighted by atomic mass is 16.5. The lowest BCUT2D eigenvalue weighted by Crippen LogP contribution is -2.38. The van der Waals surface area contributed by atoms with Gasteiger partial charge >= 0.3 is 5.97 Å². The molecule has 5 heteroatoms. The first-order chi connectivity index (χ1) is 18.3. The smallest absolute Gasteiger partial charge is 0.336 e. The second-order valence-corrected chi connectivity index (χ2v) is 10.8. The number of esters is 1. The molecule has 0 fully saturated rings. The Balaban J connectivity index is 1.49. The topological polar surface area (TPSA) is 64.6 Å². The number of nitrogens with one attached hydrogen (secondary N) is 1. The fraction of sp³-hybridized carbons (Fsp3) is 0.273. The third-order valence-electron chi connectivity index (χ3n) is 7.10. The predicted molar refractivity (Wildman–Crippen MR) is 148 cm³/mol. The number of carbonyl (C=O) groups is 2. The molecule has 194 valence electrons. The van der Waals surface area contributed by atoms with E-state index in [0.29, 0.717) is 29.7 Å². The van der Waals surface area contributed by atoms with Gasteiger partial charge in [0.1, 0.15) is 11.5 Å². The lowest BCUT2D eigenvalue weighted by molar-refractivity contribution is -0.139. The Morgan fingerprint density at radius 2 is 1.61 bits per heavy atom. The minimum Gasteiger partial charge on any atom is -0.462 e. The Bertz CT molecular complexity index is 1400. The third-order valence-corrected chi connectivity index (χ3v) is 7.10. The van der Waals surface area contributed by atoms with Gasteiger partial charge in [-0.15, -0.1) is 0 Å². The standard InChI is InChI=1S/C33H33NO4/c1-22-29(32(36)37-18-17-23-11-6-4-7-12-23)30(31-27(34-22)20-33(2,3)21-28(31)35)24-13-10-16-26(19-24)38-25-14-8-5-9-15-25/h4-16,19,30,34H,17-18,20-21H2,1-3H3. The minimum atomic E-state index is -0.529. The zero-order valence-corrected chi connectivity index (χ0v) is 22.1. The van der Waals surface area contributed by atoms with Crippen LogP contribution in [0.25, 0.3) is 0 Å². The van der Waals surface area contributed by atoms with E-state index >= 15 is 0 Å². The number of Topliss-reactive ketones (excluding diaryl/α,β-unsaturated/α-hetero) is 1. The van der Waals surface area contributed by atoms with E-state index < -0.39 is 11.9 Å². The van der Waals surface area contributed by atoms with Crippen molar-refractivity contribution in [2.75, 3.05) is 6.61 Å². The fourth-order valence-corrected chi connectivity index (χ4v) is 5.41. The summed E-state index contributed by atoms with van der Waals surface area (Å²) < 4.78 is 11.9. The molecule has 2 aliphatic rings. The van der Waals surface area contributed by atoms with Crippen LogP contribution in [0.2, 0.25) is 0 Å². The van der Waals surface area contributed by atoms with Gasteiger partial charge in [-0.05, 0) is 54.2 Å². The van der Waals surface area contributed by atoms with E-state index in [1.165, 1.54) is 0 Å². The molecule has 0 radical (unpaired) electrons. The average molecular weight is 508 g/mol. The molecule has 5 nitrogen and oxygen atoms in total. The van der Waals surface area contributed by atoms with Gasteiger partial charge in [0.05, 0.1) is 12.2 Å². The lowest BCUT2D eigenvalue weighted by atomic mass is 9.68. The van der Waals surface area contributed by atoms with Gasteiger partial charge in [0.2, 0.25) is 0 Å². The Labute approximate surface area is 224 Å². The summed E-state index contributed by atoms with van der Waals surface area (Å²) in [6.07, 6.45) is 1.79. The second kappa shape index (κ2) is 10.7. The molecule has 0 bridgehead atoms. The molecule has 5 rings (SSSR count). The normalized spacial score (nSPS) is 18.5. The second-order valence-electron chi connectivity index (χ2n) is 10.8. The average Bonchev–Trinajstić information content (AvgIpc) is 2.88. The highest BCUT2D eigenvalue weighted by Crippen LogP contribution is 2.47. The summed E-state index contributed by atoms with van der Waals surface area (Å²) in [6.45, 7) is 6.36. The molecule has 0 saturated carbocycles. The van der Waals surface area contributed by atoms with Crippen molar-refractivity contribution >= 4 is 11.8 Å². The van der Waals surface area contributed by atoms with Gasteiger partial charge in [-0.1, -0.05) is 74.5 Å². The van der Waals surface area contributed by atoms with Crippen LogP contribution in [-0.4, -0.2) is 18.4 Å². The molecule has 1 heterocycles. The van der Waals surface area contributed by atoms with Gasteiger partial charge in [-0.2, -0.15) is 0 Å². The highest BCUT2D eigenvalue weighted by Gasteiger charge is 2.43. The van der Waals surface area contributed by atoms with E-state index in [0.717, 1.165) is 34.7 Å². The fourth-order valence-electron chi connectivity index (χ4n) is 5.41. The van der Waals surface area contributed by atoms with E-state index in [4.69, 9.17) is 9.47 Å². The summed E-state index contributed by atoms with van der Waals surface area (Å²) in [5.41, 5.74) is 4.52. The van der Waals surface area contributed by atoms with Crippen LogP contribution in [0.15, 0.2) is 107 Å². The molecular formula is C33H33NO4. The molecule has 3 aromatic carbocycles. The number of rotatable bonds is 7. The van der Waals surface area contributed by atoms with E-state index in [9.17, 15) is 9.59 Å². The van der Waals surface area contributed by atoms with Gasteiger partial charge in [0.25, 0.3) is 0 Å². The molecular weight excluding hydrogens is 474 g/mol. The van der Waals surface area contributed by atoms with Crippen LogP contribution in [0.1, 0.15) is 50.7 Å². The molecule has 1 atom stereocenters. The zero-order chi connectivity index (χ0) is 26.7. The Morgan fingerprint density at radius 1 is 0.921 bits per heavy atom. The van der Waals surface area contributed by atoms with Crippen molar-refractivity contribution in [2.24, 2.45) is 5.41 Å². The molecule has 1 aliphatic carbocycles. The maximum Gasteiger partial charge on any atom is 0.336 e. The number of ketones is 1. The van der Waals surface area contributed by atoms with Crippen LogP contribution in [0.4, 0.5) is 0 Å². The SMILES string of the molecule is CC1=C(C(=O)OCCc2ccccc2)C(c2cccc(Oc3ccccc3)c2)C2=C(CC(C)(C)CC2=O)N1. The number of para-hydroxylation sites is 1. The van der Waals surface area contributed by atoms with Gasteiger partial charge in [0, 0.05) is 35.7 Å². The Morgan fingerprint density at radius 3 is 2.34 bits per heavy atom. The van der Waals surface area contributed by atoms with Crippen molar-refractivity contribution in [3.05, 3.63) is 119 Å². The first-order valence-corrected chi connectivity index (χ1v) is 13.1. The van der Waals surface area contributed by atoms with Crippen LogP contribution in [-0.2, 0) is 20.7 Å². The molecule has 1 unspecified atom stereocenters. The molecule has 1 aliphatic heterocycles. The summed E-state index contributed by atoms with van der Waals surface area (Å²) in [6, 6.07) is 27.2. The van der Waals surface area contributed by atoms with E-state index in [1.54, 1.807) is 0 Å². The van der Waals surface area contributed by atoms with Crippen LogP contribution in [0.3, 0.4) is 0 Å². The van der Waals surface area contributed by atoms with Crippen molar-refractivity contribution in [1.82, 2.24) is 5.32 Å². The number of hydrogen-bond donors (Lipinski definition) is 1. The number of benzene rings is 3. The van der Waals surface area contributed by atoms with Crippen LogP contribution in [0.5, 0.6) is 11.5 Å². The monoisotopic (exact) mass is 507 g/mol. The molecule has 3 aromatic rings. The highest BCUT2D eigenvalue weighted by molar-refractivity contribution is 6.04. The van der Waals surface area contributed by atoms with Gasteiger partial charge in [0.15, 0.2) is 5.78 Å². The first-order valence-electron chi connectivity index (χ1n) is 13.1. The summed E-state index contributed by atoms with van der Waals surface area (Å²) in [5.74, 6) is 0.489. The molecule has 0 spiro atoms. The number of hydrogen-bond acceptors (Lipinski definition) is 5. The Kier molecular flexibility index (Phi) is 7.19. The van der Waals surface area contributed by atoms with Gasteiger partial charge in [-0.25, -0.2) is 4.79 Å². The Hall–Kier alpha value is -4.12. The third kappa shape index (κ3) is 5.57. The molecule has 0 amide bonds. The van der Waals surface area contributed by atoms with Crippen molar-refractivity contribution < 1.29 is 19.1 Å². The van der Waals surface area contributed by atoms with Crippen molar-refractivity contribution in [1.29, 1.82) is 0 Å². The first kappa shape index (κ1) is 25.5. The predicted octanol–water partition coefficient (Wildman–Crippen LogP) is 6.87. The van der Waals surface area contributed by atoms with E-state index in [1.807, 2.05) is 91.9 Å². The summed E-state index contributed by atoms with van der Waals surface area (Å²) in [5, 5.41) is 3.40. The summed E-state index contributed by atoms with van der Waals surface area (Å²) in [4.78, 5) is 27.2. The van der Waals surface area contributed by atoms with E-state index in [-0.39, 0.29) is 17.8 Å². The summed E-state index contributed by atoms with van der Waals surface area (Å²) >= 11 is 0. The van der Waals surface area contributed by atoms with Crippen molar-refractivity contribution in [3.8, 4) is 11.5 Å². The zero-order valence-electron chi connectivity index (χ0n) is 22.1. The summed E-state index contributed by atoms with van der Waals surface area (Å²) in [7, 11) is 0. The largest absolute Gasteiger partial charge is 0.462 e. The molecule has 0 aromatic heterocycles. The molecule has 1 N–H and O–H groups in total. The lowest BCUT2D eigenvalue weighted by Gasteiger charge is -2.39. The van der Waals surface area contributed by atoms with E-state index in [2.05, 4.69) is 19.2 Å². The van der Waals surface area contributed by atoms with Crippen LogP contribution < -0.4 is 10.1 Å². The van der Waals surface area contributed by atoms with Crippen LogP contribution in [0, 0.1) is 5.41 Å². The van der Waals surface area contributed by atoms with Crippen molar-refractivity contribution in [3.63, 3.8) is 0 Å². The molecule has 38 heavy (non-hydrogen) atoms. The number of dihydropyridines is 1. The number of ether oxygens (including phenoxy) is 2. The van der Waals surface area contributed by atoms with Gasteiger partial charge < -0.3 is 14.8 Å². The molecule has 0 saturated heterocycles. The number of carbonyl (C=O) groups excluding carboxylic acids is 2. The maximum atomic E-state index is 13.6. The van der Waals surface area contributed by atoms with Gasteiger partial charge in [-0.3, -0.25) is 4.79 Å². The quantitative estimate of drug-likeness (QED) is 0.354.